The van der Waals surface area contributed by atoms with E-state index in [1.54, 1.807) is 18.9 Å². The Hall–Kier alpha value is -2.97. The maximum Gasteiger partial charge on any atom is 0.172 e. The maximum atomic E-state index is 6.72. The fourth-order valence-electron chi connectivity index (χ4n) is 4.78. The summed E-state index contributed by atoms with van der Waals surface area (Å²) >= 11 is 1.69. The second kappa shape index (κ2) is 15.1. The molecule has 6 heteroatoms. The molecule has 1 fully saturated rings. The first kappa shape index (κ1) is 28.6. The topological polar surface area (TPSA) is 46.2 Å². The lowest BCUT2D eigenvalue weighted by Gasteiger charge is -2.45. The molecule has 1 heterocycles. The van der Waals surface area contributed by atoms with Crippen LogP contribution >= 0.6 is 11.8 Å². The van der Waals surface area contributed by atoms with Gasteiger partial charge in [0.15, 0.2) is 6.29 Å². The molecule has 0 saturated carbocycles. The molecular formula is C34H36O5S. The Morgan fingerprint density at radius 3 is 1.60 bits per heavy atom. The van der Waals surface area contributed by atoms with Crippen LogP contribution in [0.4, 0.5) is 0 Å². The summed E-state index contributed by atoms with van der Waals surface area (Å²) in [5.41, 5.74) is 3.30. The molecule has 4 aromatic carbocycles. The largest absolute Gasteiger partial charge is 0.374 e. The molecule has 0 aromatic heterocycles. The second-order valence-electron chi connectivity index (χ2n) is 9.70. The highest BCUT2D eigenvalue weighted by molar-refractivity contribution is 8.00. The summed E-state index contributed by atoms with van der Waals surface area (Å²) in [5.74, 6) is 0. The molecule has 1 aliphatic rings. The fraction of sp³-hybridized carbons (Fsp3) is 0.294. The Bertz CT molecular complexity index is 1240. The van der Waals surface area contributed by atoms with Crippen molar-refractivity contribution in [1.82, 2.24) is 0 Å². The SMILES string of the molecule is CO[C@H]1O[C@H](COCc2ccccc2)[C@@H](OCc2ccccc2)[C@@H](OCc2ccccc2)[C@@H]1Sc1ccccc1. The van der Waals surface area contributed by atoms with E-state index in [0.717, 1.165) is 21.6 Å². The van der Waals surface area contributed by atoms with Crippen LogP contribution in [0.15, 0.2) is 126 Å². The van der Waals surface area contributed by atoms with E-state index in [0.29, 0.717) is 26.4 Å². The average molecular weight is 557 g/mol. The summed E-state index contributed by atoms with van der Waals surface area (Å²) in [7, 11) is 1.69. The molecule has 0 spiro atoms. The van der Waals surface area contributed by atoms with Gasteiger partial charge in [-0.15, -0.1) is 11.8 Å². The van der Waals surface area contributed by atoms with Crippen LogP contribution in [0, 0.1) is 0 Å². The minimum Gasteiger partial charge on any atom is -0.374 e. The quantitative estimate of drug-likeness (QED) is 0.178. The molecule has 0 N–H and O–H groups in total. The summed E-state index contributed by atoms with van der Waals surface area (Å²) in [6.45, 7) is 1.73. The normalized spacial score (nSPS) is 22.7. The Balaban J connectivity index is 1.40. The van der Waals surface area contributed by atoms with Gasteiger partial charge in [0, 0.05) is 12.0 Å². The highest BCUT2D eigenvalue weighted by atomic mass is 32.2. The molecule has 5 atom stereocenters. The first-order valence-corrected chi connectivity index (χ1v) is 14.5. The van der Waals surface area contributed by atoms with E-state index in [2.05, 4.69) is 48.5 Å². The lowest BCUT2D eigenvalue weighted by molar-refractivity contribution is -0.268. The Morgan fingerprint density at radius 2 is 1.07 bits per heavy atom. The predicted molar refractivity (Wildman–Crippen MR) is 158 cm³/mol. The van der Waals surface area contributed by atoms with Gasteiger partial charge in [-0.05, 0) is 28.8 Å². The maximum absolute atomic E-state index is 6.72. The van der Waals surface area contributed by atoms with Crippen molar-refractivity contribution < 1.29 is 23.7 Å². The molecule has 40 heavy (non-hydrogen) atoms. The zero-order valence-electron chi connectivity index (χ0n) is 22.7. The number of methoxy groups -OCH3 is 1. The molecule has 208 valence electrons. The highest BCUT2D eigenvalue weighted by Gasteiger charge is 2.48. The molecule has 0 unspecified atom stereocenters. The van der Waals surface area contributed by atoms with Gasteiger partial charge >= 0.3 is 0 Å². The summed E-state index contributed by atoms with van der Waals surface area (Å²) in [6, 6.07) is 40.9. The molecular weight excluding hydrogens is 520 g/mol. The minimum absolute atomic E-state index is 0.165. The number of hydrogen-bond donors (Lipinski definition) is 0. The van der Waals surface area contributed by atoms with Gasteiger partial charge in [0.1, 0.15) is 18.3 Å². The van der Waals surface area contributed by atoms with Gasteiger partial charge in [-0.2, -0.15) is 0 Å². The van der Waals surface area contributed by atoms with E-state index >= 15 is 0 Å². The monoisotopic (exact) mass is 556 g/mol. The van der Waals surface area contributed by atoms with Crippen molar-refractivity contribution in [2.45, 2.75) is 54.6 Å². The van der Waals surface area contributed by atoms with Crippen molar-refractivity contribution in [2.75, 3.05) is 13.7 Å². The molecule has 0 aliphatic carbocycles. The molecule has 0 radical (unpaired) electrons. The smallest absolute Gasteiger partial charge is 0.172 e. The van der Waals surface area contributed by atoms with Crippen LogP contribution < -0.4 is 0 Å². The first-order chi connectivity index (χ1) is 19.8. The third-order valence-corrected chi connectivity index (χ3v) is 8.11. The third-order valence-electron chi connectivity index (χ3n) is 6.80. The molecule has 0 bridgehead atoms. The van der Waals surface area contributed by atoms with Gasteiger partial charge in [0.05, 0.1) is 31.7 Å². The van der Waals surface area contributed by atoms with Crippen molar-refractivity contribution in [2.24, 2.45) is 0 Å². The number of hydrogen-bond acceptors (Lipinski definition) is 6. The fourth-order valence-corrected chi connectivity index (χ4v) is 6.06. The van der Waals surface area contributed by atoms with Gasteiger partial charge in [0.2, 0.25) is 0 Å². The van der Waals surface area contributed by atoms with E-state index in [-0.39, 0.29) is 23.6 Å². The van der Waals surface area contributed by atoms with E-state index in [9.17, 15) is 0 Å². The zero-order valence-corrected chi connectivity index (χ0v) is 23.5. The summed E-state index contributed by atoms with van der Waals surface area (Å²) in [5, 5.41) is -0.165. The Kier molecular flexibility index (Phi) is 10.8. The summed E-state index contributed by atoms with van der Waals surface area (Å²) < 4.78 is 32.0. The molecule has 1 saturated heterocycles. The van der Waals surface area contributed by atoms with Crippen LogP contribution in [0.3, 0.4) is 0 Å². The highest BCUT2D eigenvalue weighted by Crippen LogP contribution is 2.38. The number of rotatable bonds is 13. The van der Waals surface area contributed by atoms with Gasteiger partial charge in [-0.25, -0.2) is 0 Å². The molecule has 5 nitrogen and oxygen atoms in total. The number of thioether (sulfide) groups is 1. The van der Waals surface area contributed by atoms with Gasteiger partial charge in [-0.3, -0.25) is 0 Å². The minimum atomic E-state index is -0.507. The van der Waals surface area contributed by atoms with Crippen LogP contribution in [0.25, 0.3) is 0 Å². The standard InChI is InChI=1S/C34H36O5S/c1-35-34-33(40-29-20-12-5-13-21-29)32(38-24-28-18-10-4-11-19-28)31(37-23-27-16-8-3-9-17-27)30(39-34)25-36-22-26-14-6-2-7-15-26/h2-21,30-34H,22-25H2,1H3/t30-,31-,32-,33+,34+/m1/s1. The predicted octanol–water partition coefficient (Wildman–Crippen LogP) is 6.91. The van der Waals surface area contributed by atoms with E-state index in [1.807, 2.05) is 72.8 Å². The van der Waals surface area contributed by atoms with Gasteiger partial charge in [-0.1, -0.05) is 109 Å². The van der Waals surface area contributed by atoms with Crippen molar-refractivity contribution >= 4 is 11.8 Å². The van der Waals surface area contributed by atoms with Crippen LogP contribution in [0.5, 0.6) is 0 Å². The van der Waals surface area contributed by atoms with Gasteiger partial charge in [0.25, 0.3) is 0 Å². The van der Waals surface area contributed by atoms with Crippen LogP contribution in [0.1, 0.15) is 16.7 Å². The van der Waals surface area contributed by atoms with E-state index in [4.69, 9.17) is 23.7 Å². The molecule has 1 aliphatic heterocycles. The van der Waals surface area contributed by atoms with E-state index < -0.39 is 6.29 Å². The molecule has 4 aromatic rings. The van der Waals surface area contributed by atoms with Crippen molar-refractivity contribution in [3.05, 3.63) is 138 Å². The molecule has 5 rings (SSSR count). The van der Waals surface area contributed by atoms with Crippen LogP contribution in [-0.4, -0.2) is 43.6 Å². The average Bonchev–Trinajstić information content (AvgIpc) is 3.02. The van der Waals surface area contributed by atoms with Crippen molar-refractivity contribution in [3.63, 3.8) is 0 Å². The van der Waals surface area contributed by atoms with Crippen LogP contribution in [-0.2, 0) is 43.5 Å². The number of benzene rings is 4. The van der Waals surface area contributed by atoms with Crippen molar-refractivity contribution in [1.29, 1.82) is 0 Å². The zero-order chi connectivity index (χ0) is 27.4. The van der Waals surface area contributed by atoms with Crippen LogP contribution in [0.2, 0.25) is 0 Å². The number of ether oxygens (including phenoxy) is 5. The second-order valence-corrected chi connectivity index (χ2v) is 10.9. The third kappa shape index (κ3) is 8.04. The first-order valence-electron chi connectivity index (χ1n) is 13.6. The summed E-state index contributed by atoms with van der Waals surface area (Å²) in [4.78, 5) is 1.12. The lowest BCUT2D eigenvalue weighted by Crippen LogP contribution is -2.59. The molecule has 0 amide bonds. The lowest BCUT2D eigenvalue weighted by atomic mass is 10.00. The Morgan fingerprint density at radius 1 is 0.600 bits per heavy atom. The van der Waals surface area contributed by atoms with Crippen molar-refractivity contribution in [3.8, 4) is 0 Å². The summed E-state index contributed by atoms with van der Waals surface area (Å²) in [6.07, 6.45) is -1.59. The van der Waals surface area contributed by atoms with E-state index in [1.165, 1.54) is 0 Å². The van der Waals surface area contributed by atoms with Gasteiger partial charge < -0.3 is 23.7 Å². The Labute approximate surface area is 241 Å².